The van der Waals surface area contributed by atoms with Crippen molar-refractivity contribution in [1.82, 2.24) is 0 Å². The normalized spacial score (nSPS) is 11.0. The van der Waals surface area contributed by atoms with Gasteiger partial charge in [-0.25, -0.2) is 0 Å². The van der Waals surface area contributed by atoms with Crippen LogP contribution in [0.5, 0.6) is 11.5 Å². The topological polar surface area (TPSA) is 40.5 Å². The molecule has 0 unspecified atom stereocenters. The number of fused-ring (bicyclic) bond motifs is 1. The second kappa shape index (κ2) is 5.30. The summed E-state index contributed by atoms with van der Waals surface area (Å²) in [6, 6.07) is 7.64. The molecule has 0 saturated heterocycles. The predicted octanol–water partition coefficient (Wildman–Crippen LogP) is 4.16. The lowest BCUT2D eigenvalue weighted by Crippen LogP contribution is -1.88. The van der Waals surface area contributed by atoms with E-state index in [1.807, 2.05) is 0 Å². The Labute approximate surface area is 108 Å². The van der Waals surface area contributed by atoms with Crippen LogP contribution in [0.25, 0.3) is 10.8 Å². The van der Waals surface area contributed by atoms with E-state index in [2.05, 4.69) is 26.0 Å². The Morgan fingerprint density at radius 2 is 1.22 bits per heavy atom. The highest BCUT2D eigenvalue weighted by Gasteiger charge is 2.09. The average molecular weight is 244 g/mol. The fourth-order valence-corrected chi connectivity index (χ4v) is 2.46. The summed E-state index contributed by atoms with van der Waals surface area (Å²) in [6.07, 6.45) is 3.99. The molecule has 0 atom stereocenters. The second-order valence-electron chi connectivity index (χ2n) is 4.83. The van der Waals surface area contributed by atoms with Gasteiger partial charge in [0.2, 0.25) is 0 Å². The molecule has 2 aromatic carbocycles. The van der Waals surface area contributed by atoms with E-state index in [9.17, 15) is 10.2 Å². The van der Waals surface area contributed by atoms with Crippen molar-refractivity contribution in [3.8, 4) is 11.5 Å². The van der Waals surface area contributed by atoms with E-state index in [0.717, 1.165) is 42.2 Å². The first-order valence-electron chi connectivity index (χ1n) is 6.63. The van der Waals surface area contributed by atoms with Crippen molar-refractivity contribution >= 4 is 10.8 Å². The molecular weight excluding hydrogens is 224 g/mol. The van der Waals surface area contributed by atoms with Crippen LogP contribution in [0, 0.1) is 0 Å². The summed E-state index contributed by atoms with van der Waals surface area (Å²) in [5.74, 6) is 0.355. The lowest BCUT2D eigenvalue weighted by atomic mass is 9.99. The highest BCUT2D eigenvalue weighted by molar-refractivity contribution is 5.94. The Hall–Kier alpha value is -1.70. The van der Waals surface area contributed by atoms with Crippen molar-refractivity contribution in [3.63, 3.8) is 0 Å². The number of aryl methyl sites for hydroxylation is 2. The highest BCUT2D eigenvalue weighted by atomic mass is 16.3. The molecule has 0 radical (unpaired) electrons. The van der Waals surface area contributed by atoms with E-state index in [1.54, 1.807) is 12.1 Å². The van der Waals surface area contributed by atoms with Gasteiger partial charge in [0.1, 0.15) is 11.5 Å². The van der Waals surface area contributed by atoms with Gasteiger partial charge in [-0.1, -0.05) is 38.8 Å². The molecule has 0 saturated carbocycles. The molecule has 0 aliphatic heterocycles. The number of hydrogen-bond donors (Lipinski definition) is 2. The second-order valence-corrected chi connectivity index (χ2v) is 4.83. The molecule has 0 bridgehead atoms. The summed E-state index contributed by atoms with van der Waals surface area (Å²) in [7, 11) is 0. The first-order chi connectivity index (χ1) is 8.65. The molecule has 96 valence electrons. The van der Waals surface area contributed by atoms with E-state index in [1.165, 1.54) is 0 Å². The molecule has 0 amide bonds. The largest absolute Gasteiger partial charge is 0.507 e. The van der Waals surface area contributed by atoms with Gasteiger partial charge in [0.05, 0.1) is 5.39 Å². The zero-order valence-electron chi connectivity index (χ0n) is 11.0. The Morgan fingerprint density at radius 3 is 1.61 bits per heavy atom. The maximum absolute atomic E-state index is 10.0. The number of benzene rings is 2. The third kappa shape index (κ3) is 2.42. The number of hydrogen-bond acceptors (Lipinski definition) is 2. The zero-order valence-corrected chi connectivity index (χ0v) is 11.0. The summed E-state index contributed by atoms with van der Waals surface area (Å²) in [5.41, 5.74) is 2.24. The summed E-state index contributed by atoms with van der Waals surface area (Å²) < 4.78 is 0. The summed E-state index contributed by atoms with van der Waals surface area (Å²) in [4.78, 5) is 0. The zero-order chi connectivity index (χ0) is 13.1. The first kappa shape index (κ1) is 12.7. The molecule has 0 aliphatic carbocycles. The SMILES string of the molecule is CCCc1cc(O)c2c(O)cc(CCC)cc2c1. The van der Waals surface area contributed by atoms with E-state index in [-0.39, 0.29) is 11.5 Å². The van der Waals surface area contributed by atoms with Crippen molar-refractivity contribution < 1.29 is 10.2 Å². The quantitative estimate of drug-likeness (QED) is 0.848. The fourth-order valence-electron chi connectivity index (χ4n) is 2.46. The van der Waals surface area contributed by atoms with E-state index >= 15 is 0 Å². The lowest BCUT2D eigenvalue weighted by molar-refractivity contribution is 0.463. The molecule has 2 nitrogen and oxygen atoms in total. The van der Waals surface area contributed by atoms with Crippen LogP contribution in [-0.2, 0) is 12.8 Å². The minimum atomic E-state index is 0.177. The Morgan fingerprint density at radius 1 is 0.778 bits per heavy atom. The van der Waals surface area contributed by atoms with E-state index in [0.29, 0.717) is 5.39 Å². The number of phenols is 2. The molecular formula is C16H20O2. The molecule has 2 heteroatoms. The fraction of sp³-hybridized carbons (Fsp3) is 0.375. The Balaban J connectivity index is 2.60. The van der Waals surface area contributed by atoms with Gasteiger partial charge in [0.25, 0.3) is 0 Å². The van der Waals surface area contributed by atoms with Gasteiger partial charge >= 0.3 is 0 Å². The maximum atomic E-state index is 10.0. The van der Waals surface area contributed by atoms with Gasteiger partial charge in [0.15, 0.2) is 0 Å². The van der Waals surface area contributed by atoms with Crippen LogP contribution in [0.4, 0.5) is 0 Å². The third-order valence-electron chi connectivity index (χ3n) is 3.20. The number of aromatic hydroxyl groups is 2. The molecule has 0 fully saturated rings. The van der Waals surface area contributed by atoms with Gasteiger partial charge < -0.3 is 10.2 Å². The summed E-state index contributed by atoms with van der Waals surface area (Å²) in [6.45, 7) is 4.23. The van der Waals surface area contributed by atoms with Crippen molar-refractivity contribution in [1.29, 1.82) is 0 Å². The van der Waals surface area contributed by atoms with Crippen LogP contribution in [0.3, 0.4) is 0 Å². The summed E-state index contributed by atoms with van der Waals surface area (Å²) >= 11 is 0. The van der Waals surface area contributed by atoms with Gasteiger partial charge in [0, 0.05) is 0 Å². The predicted molar refractivity (Wildman–Crippen MR) is 75.3 cm³/mol. The van der Waals surface area contributed by atoms with Crippen molar-refractivity contribution in [2.45, 2.75) is 39.5 Å². The molecule has 2 N–H and O–H groups in total. The van der Waals surface area contributed by atoms with Crippen LogP contribution in [0.2, 0.25) is 0 Å². The van der Waals surface area contributed by atoms with Crippen molar-refractivity contribution in [2.24, 2.45) is 0 Å². The minimum absolute atomic E-state index is 0.177. The molecule has 0 heterocycles. The number of phenolic OH excluding ortho intramolecular Hbond substituents is 2. The molecule has 0 aromatic heterocycles. The monoisotopic (exact) mass is 244 g/mol. The van der Waals surface area contributed by atoms with E-state index in [4.69, 9.17) is 0 Å². The minimum Gasteiger partial charge on any atom is -0.507 e. The summed E-state index contributed by atoms with van der Waals surface area (Å²) in [5, 5.41) is 21.5. The molecule has 18 heavy (non-hydrogen) atoms. The number of rotatable bonds is 4. The van der Waals surface area contributed by atoms with Crippen LogP contribution in [-0.4, -0.2) is 10.2 Å². The molecule has 0 aliphatic rings. The van der Waals surface area contributed by atoms with Crippen LogP contribution in [0.15, 0.2) is 24.3 Å². The lowest BCUT2D eigenvalue weighted by Gasteiger charge is -2.09. The van der Waals surface area contributed by atoms with Crippen molar-refractivity contribution in [3.05, 3.63) is 35.4 Å². The van der Waals surface area contributed by atoms with Crippen molar-refractivity contribution in [2.75, 3.05) is 0 Å². The molecule has 0 spiro atoms. The van der Waals surface area contributed by atoms with Gasteiger partial charge in [-0.2, -0.15) is 0 Å². The Bertz CT molecular complexity index is 512. The van der Waals surface area contributed by atoms with Crippen LogP contribution >= 0.6 is 0 Å². The van der Waals surface area contributed by atoms with Crippen LogP contribution in [0.1, 0.15) is 37.8 Å². The van der Waals surface area contributed by atoms with E-state index < -0.39 is 0 Å². The Kier molecular flexibility index (Phi) is 3.75. The highest BCUT2D eigenvalue weighted by Crippen LogP contribution is 2.35. The first-order valence-corrected chi connectivity index (χ1v) is 6.63. The smallest absolute Gasteiger partial charge is 0.127 e. The molecule has 2 aromatic rings. The maximum Gasteiger partial charge on any atom is 0.127 e. The standard InChI is InChI=1S/C16H20O2/c1-3-5-11-7-13-8-12(6-4-2)10-15(18)16(13)14(17)9-11/h7-10,17-18H,3-6H2,1-2H3. The third-order valence-corrected chi connectivity index (χ3v) is 3.20. The van der Waals surface area contributed by atoms with Gasteiger partial charge in [-0.3, -0.25) is 0 Å². The van der Waals surface area contributed by atoms with Gasteiger partial charge in [-0.05, 0) is 41.5 Å². The van der Waals surface area contributed by atoms with Gasteiger partial charge in [-0.15, -0.1) is 0 Å². The average Bonchev–Trinajstić information content (AvgIpc) is 2.28. The van der Waals surface area contributed by atoms with Crippen LogP contribution < -0.4 is 0 Å². The molecule has 2 rings (SSSR count).